The number of aryl methyl sites for hydroxylation is 1. The lowest BCUT2D eigenvalue weighted by atomic mass is 9.82. The molecule has 3 heterocycles. The Labute approximate surface area is 164 Å². The summed E-state index contributed by atoms with van der Waals surface area (Å²) in [5, 5.41) is 3.53. The van der Waals surface area contributed by atoms with E-state index in [2.05, 4.69) is 68.2 Å². The fourth-order valence-electron chi connectivity index (χ4n) is 4.00. The van der Waals surface area contributed by atoms with Crippen molar-refractivity contribution in [3.05, 3.63) is 72.1 Å². The predicted octanol–water partition coefficient (Wildman–Crippen LogP) is 6.80. The van der Waals surface area contributed by atoms with Crippen molar-refractivity contribution in [2.45, 2.75) is 33.1 Å². The monoisotopic (exact) mass is 366 g/mol. The molecule has 0 saturated heterocycles. The van der Waals surface area contributed by atoms with Crippen LogP contribution in [0.25, 0.3) is 44.0 Å². The number of hydrogen-bond donors (Lipinski definition) is 0. The summed E-state index contributed by atoms with van der Waals surface area (Å²) < 4.78 is 6.03. The van der Waals surface area contributed by atoms with Gasteiger partial charge >= 0.3 is 0 Å². The quantitative estimate of drug-likeness (QED) is 0.327. The Hall–Kier alpha value is -3.20. The minimum atomic E-state index is 0.0272. The summed E-state index contributed by atoms with van der Waals surface area (Å²) in [5.74, 6) is 0.869. The average Bonchev–Trinajstić information content (AvgIpc) is 3.07. The maximum atomic E-state index is 6.03. The van der Waals surface area contributed by atoms with Gasteiger partial charge in [0.15, 0.2) is 5.58 Å². The van der Waals surface area contributed by atoms with Crippen LogP contribution in [0.4, 0.5) is 0 Å². The number of furan rings is 1. The van der Waals surface area contributed by atoms with Crippen LogP contribution >= 0.6 is 0 Å². The van der Waals surface area contributed by atoms with Gasteiger partial charge in [-0.25, -0.2) is 4.98 Å². The zero-order valence-corrected chi connectivity index (χ0v) is 16.6. The number of nitrogens with zero attached hydrogens (tertiary/aromatic N) is 2. The summed E-state index contributed by atoms with van der Waals surface area (Å²) in [5.41, 5.74) is 5.88. The van der Waals surface area contributed by atoms with Gasteiger partial charge in [0, 0.05) is 17.1 Å². The molecule has 3 aromatic heterocycles. The minimum Gasteiger partial charge on any atom is -0.459 e. The molecule has 0 aliphatic carbocycles. The molecule has 0 unspecified atom stereocenters. The summed E-state index contributed by atoms with van der Waals surface area (Å²) in [6.45, 7) is 8.75. The van der Waals surface area contributed by atoms with Gasteiger partial charge in [0.1, 0.15) is 11.3 Å². The second kappa shape index (κ2) is 5.90. The first-order chi connectivity index (χ1) is 13.4. The maximum absolute atomic E-state index is 6.03. The van der Waals surface area contributed by atoms with Crippen LogP contribution in [0.5, 0.6) is 0 Å². The lowest BCUT2D eigenvalue weighted by molar-refractivity contribution is 0.580. The molecule has 138 valence electrons. The van der Waals surface area contributed by atoms with E-state index in [1.54, 1.807) is 6.20 Å². The summed E-state index contributed by atoms with van der Waals surface area (Å²) >= 11 is 0. The molecule has 0 amide bonds. The predicted molar refractivity (Wildman–Crippen MR) is 116 cm³/mol. The lowest BCUT2D eigenvalue weighted by Crippen LogP contribution is -2.12. The molecule has 5 rings (SSSR count). The third kappa shape index (κ3) is 2.58. The molecule has 0 saturated carbocycles. The molecule has 28 heavy (non-hydrogen) atoms. The molecule has 2 aromatic carbocycles. The molecule has 0 bridgehead atoms. The Morgan fingerprint density at radius 3 is 2.54 bits per heavy atom. The normalized spacial score (nSPS) is 12.3. The third-order valence-corrected chi connectivity index (χ3v) is 5.29. The molecular weight excluding hydrogens is 344 g/mol. The Morgan fingerprint density at radius 1 is 0.893 bits per heavy atom. The van der Waals surface area contributed by atoms with Gasteiger partial charge in [0.25, 0.3) is 0 Å². The van der Waals surface area contributed by atoms with Gasteiger partial charge in [-0.1, -0.05) is 45.0 Å². The van der Waals surface area contributed by atoms with E-state index in [4.69, 9.17) is 9.40 Å². The maximum Gasteiger partial charge on any atom is 0.164 e. The van der Waals surface area contributed by atoms with Crippen LogP contribution in [-0.2, 0) is 5.41 Å². The van der Waals surface area contributed by atoms with E-state index >= 15 is 0 Å². The van der Waals surface area contributed by atoms with Crippen molar-refractivity contribution in [1.82, 2.24) is 9.97 Å². The molecule has 0 N–H and O–H groups in total. The van der Waals surface area contributed by atoms with E-state index in [9.17, 15) is 0 Å². The molecule has 0 aliphatic heterocycles. The van der Waals surface area contributed by atoms with Gasteiger partial charge in [-0.05, 0) is 59.0 Å². The third-order valence-electron chi connectivity index (χ3n) is 5.29. The van der Waals surface area contributed by atoms with Crippen LogP contribution in [0, 0.1) is 6.92 Å². The standard InChI is InChI=1S/C25H22N2O/c1-15-12-19-22(27-21-10-7-11-26-23(21)24(19)28-15)17-13-16-8-5-6-9-18(16)20(14-17)25(2,3)4/h5-14H,1-4H3. The van der Waals surface area contributed by atoms with Crippen LogP contribution in [0.15, 0.2) is 65.2 Å². The Kier molecular flexibility index (Phi) is 3.57. The van der Waals surface area contributed by atoms with E-state index in [1.807, 2.05) is 19.1 Å². The van der Waals surface area contributed by atoms with E-state index in [-0.39, 0.29) is 5.41 Å². The van der Waals surface area contributed by atoms with Crippen molar-refractivity contribution < 1.29 is 4.42 Å². The molecule has 0 fully saturated rings. The molecule has 3 nitrogen and oxygen atoms in total. The summed E-state index contributed by atoms with van der Waals surface area (Å²) in [6.07, 6.45) is 1.79. The van der Waals surface area contributed by atoms with Crippen molar-refractivity contribution in [2.24, 2.45) is 0 Å². The van der Waals surface area contributed by atoms with E-state index < -0.39 is 0 Å². The highest BCUT2D eigenvalue weighted by Gasteiger charge is 2.21. The molecule has 5 aromatic rings. The summed E-state index contributed by atoms with van der Waals surface area (Å²) in [6, 6.07) is 19.1. The Morgan fingerprint density at radius 2 is 1.71 bits per heavy atom. The van der Waals surface area contributed by atoms with Crippen molar-refractivity contribution in [2.75, 3.05) is 0 Å². The highest BCUT2D eigenvalue weighted by Crippen LogP contribution is 2.38. The molecular formula is C25H22N2O. The van der Waals surface area contributed by atoms with Crippen molar-refractivity contribution in [3.8, 4) is 11.3 Å². The second-order valence-electron chi connectivity index (χ2n) is 8.43. The van der Waals surface area contributed by atoms with Gasteiger partial charge in [-0.2, -0.15) is 0 Å². The lowest BCUT2D eigenvalue weighted by Gasteiger charge is -2.23. The fraction of sp³-hybridized carbons (Fsp3) is 0.200. The number of hydrogen-bond acceptors (Lipinski definition) is 3. The van der Waals surface area contributed by atoms with Crippen LogP contribution < -0.4 is 0 Å². The first-order valence-corrected chi connectivity index (χ1v) is 9.60. The van der Waals surface area contributed by atoms with Gasteiger partial charge in [0.05, 0.1) is 11.2 Å². The van der Waals surface area contributed by atoms with Crippen LogP contribution in [0.2, 0.25) is 0 Å². The van der Waals surface area contributed by atoms with Gasteiger partial charge in [-0.15, -0.1) is 0 Å². The smallest absolute Gasteiger partial charge is 0.164 e. The highest BCUT2D eigenvalue weighted by atomic mass is 16.3. The van der Waals surface area contributed by atoms with Crippen molar-refractivity contribution >= 4 is 32.8 Å². The number of aromatic nitrogens is 2. The van der Waals surface area contributed by atoms with Gasteiger partial charge in [0.2, 0.25) is 0 Å². The molecule has 0 spiro atoms. The Bertz CT molecular complexity index is 1360. The SMILES string of the molecule is Cc1cc2c(-c3cc(C(C)(C)C)c4ccccc4c3)nc3cccnc3c2o1. The van der Waals surface area contributed by atoms with Crippen molar-refractivity contribution in [1.29, 1.82) is 0 Å². The number of rotatable bonds is 1. The number of pyridine rings is 2. The topological polar surface area (TPSA) is 38.9 Å². The minimum absolute atomic E-state index is 0.0272. The average molecular weight is 366 g/mol. The van der Waals surface area contributed by atoms with Crippen molar-refractivity contribution in [3.63, 3.8) is 0 Å². The van der Waals surface area contributed by atoms with Gasteiger partial charge < -0.3 is 4.42 Å². The van der Waals surface area contributed by atoms with E-state index in [0.717, 1.165) is 39.0 Å². The van der Waals surface area contributed by atoms with Crippen LogP contribution in [0.1, 0.15) is 32.1 Å². The van der Waals surface area contributed by atoms with E-state index in [0.29, 0.717) is 0 Å². The zero-order chi connectivity index (χ0) is 19.5. The summed E-state index contributed by atoms with van der Waals surface area (Å²) in [7, 11) is 0. The zero-order valence-electron chi connectivity index (χ0n) is 16.6. The van der Waals surface area contributed by atoms with E-state index in [1.165, 1.54) is 16.3 Å². The first-order valence-electron chi connectivity index (χ1n) is 9.60. The molecule has 0 radical (unpaired) electrons. The molecule has 3 heteroatoms. The largest absolute Gasteiger partial charge is 0.459 e. The first kappa shape index (κ1) is 16.9. The van der Waals surface area contributed by atoms with Gasteiger partial charge in [-0.3, -0.25) is 4.98 Å². The van der Waals surface area contributed by atoms with Crippen LogP contribution in [-0.4, -0.2) is 9.97 Å². The second-order valence-corrected chi connectivity index (χ2v) is 8.43. The summed E-state index contributed by atoms with van der Waals surface area (Å²) in [4.78, 5) is 9.50. The number of fused-ring (bicyclic) bond motifs is 4. The molecule has 0 aliphatic rings. The van der Waals surface area contributed by atoms with Crippen LogP contribution in [0.3, 0.4) is 0 Å². The highest BCUT2D eigenvalue weighted by molar-refractivity contribution is 6.07. The Balaban J connectivity index is 1.91. The fourth-order valence-corrected chi connectivity index (χ4v) is 4.00. The number of benzene rings is 2. The molecule has 0 atom stereocenters.